The van der Waals surface area contributed by atoms with E-state index in [-0.39, 0.29) is 5.91 Å². The molecular formula is C13H18N2O3. The summed E-state index contributed by atoms with van der Waals surface area (Å²) in [5.41, 5.74) is 0.710. The maximum Gasteiger partial charge on any atom is 0.333 e. The van der Waals surface area contributed by atoms with Crippen LogP contribution in [0.4, 0.5) is 0 Å². The third-order valence-electron chi connectivity index (χ3n) is 2.48. The van der Waals surface area contributed by atoms with E-state index < -0.39 is 12.0 Å². The molecule has 0 bridgehead atoms. The molecule has 0 saturated heterocycles. The standard InChI is InChI=1S/C13H18N2O3/c1-14-9-8-11(16)15-12(13(17)18-2)10-6-4-3-5-7-10/h3-7,12,14H,8-9H2,1-2H3,(H,15,16). The Morgan fingerprint density at radius 2 is 1.94 bits per heavy atom. The number of methoxy groups -OCH3 is 1. The molecule has 1 rings (SSSR count). The van der Waals surface area contributed by atoms with E-state index in [2.05, 4.69) is 10.6 Å². The predicted molar refractivity (Wildman–Crippen MR) is 67.9 cm³/mol. The van der Waals surface area contributed by atoms with Crippen LogP contribution in [-0.4, -0.2) is 32.6 Å². The van der Waals surface area contributed by atoms with Crippen molar-refractivity contribution in [2.45, 2.75) is 12.5 Å². The van der Waals surface area contributed by atoms with E-state index in [1.54, 1.807) is 19.2 Å². The summed E-state index contributed by atoms with van der Waals surface area (Å²) < 4.78 is 4.70. The summed E-state index contributed by atoms with van der Waals surface area (Å²) in [6.45, 7) is 0.564. The molecule has 1 amide bonds. The second-order valence-electron chi connectivity index (χ2n) is 3.79. The topological polar surface area (TPSA) is 67.4 Å². The van der Waals surface area contributed by atoms with Crippen LogP contribution >= 0.6 is 0 Å². The molecule has 18 heavy (non-hydrogen) atoms. The summed E-state index contributed by atoms with van der Waals surface area (Å²) in [6.07, 6.45) is 0.316. The second kappa shape index (κ2) is 7.45. The van der Waals surface area contributed by atoms with E-state index in [0.717, 1.165) is 0 Å². The summed E-state index contributed by atoms with van der Waals surface area (Å²) in [4.78, 5) is 23.3. The Balaban J connectivity index is 2.74. The van der Waals surface area contributed by atoms with Gasteiger partial charge in [0.1, 0.15) is 0 Å². The van der Waals surface area contributed by atoms with Gasteiger partial charge in [-0.25, -0.2) is 4.79 Å². The van der Waals surface area contributed by atoms with Crippen LogP contribution in [-0.2, 0) is 14.3 Å². The fraction of sp³-hybridized carbons (Fsp3) is 0.385. The first-order valence-corrected chi connectivity index (χ1v) is 5.75. The molecule has 98 valence electrons. The molecular weight excluding hydrogens is 232 g/mol. The number of carbonyl (C=O) groups excluding carboxylic acids is 2. The lowest BCUT2D eigenvalue weighted by atomic mass is 10.1. The van der Waals surface area contributed by atoms with Crippen molar-refractivity contribution in [3.8, 4) is 0 Å². The van der Waals surface area contributed by atoms with E-state index in [0.29, 0.717) is 18.5 Å². The van der Waals surface area contributed by atoms with Gasteiger partial charge < -0.3 is 15.4 Å². The third-order valence-corrected chi connectivity index (χ3v) is 2.48. The van der Waals surface area contributed by atoms with Crippen molar-refractivity contribution < 1.29 is 14.3 Å². The van der Waals surface area contributed by atoms with Gasteiger partial charge >= 0.3 is 5.97 Å². The first kappa shape index (κ1) is 14.2. The van der Waals surface area contributed by atoms with E-state index in [9.17, 15) is 9.59 Å². The van der Waals surface area contributed by atoms with Crippen LogP contribution in [0.15, 0.2) is 30.3 Å². The van der Waals surface area contributed by atoms with Crippen molar-refractivity contribution in [1.82, 2.24) is 10.6 Å². The smallest absolute Gasteiger partial charge is 0.333 e. The van der Waals surface area contributed by atoms with E-state index in [4.69, 9.17) is 4.74 Å². The average Bonchev–Trinajstić information content (AvgIpc) is 2.42. The van der Waals surface area contributed by atoms with Crippen LogP contribution in [0.5, 0.6) is 0 Å². The Kier molecular flexibility index (Phi) is 5.87. The van der Waals surface area contributed by atoms with Gasteiger partial charge in [0.15, 0.2) is 6.04 Å². The van der Waals surface area contributed by atoms with Crippen molar-refractivity contribution in [1.29, 1.82) is 0 Å². The number of benzene rings is 1. The Bertz CT molecular complexity index is 392. The van der Waals surface area contributed by atoms with Gasteiger partial charge in [-0.2, -0.15) is 0 Å². The van der Waals surface area contributed by atoms with Crippen molar-refractivity contribution in [3.05, 3.63) is 35.9 Å². The fourth-order valence-corrected chi connectivity index (χ4v) is 1.51. The van der Waals surface area contributed by atoms with Crippen molar-refractivity contribution in [2.75, 3.05) is 20.7 Å². The molecule has 1 atom stereocenters. The number of amides is 1. The molecule has 1 unspecified atom stereocenters. The number of esters is 1. The molecule has 5 nitrogen and oxygen atoms in total. The zero-order chi connectivity index (χ0) is 13.4. The number of carbonyl (C=O) groups is 2. The number of ether oxygens (including phenoxy) is 1. The Hall–Kier alpha value is -1.88. The van der Waals surface area contributed by atoms with Crippen LogP contribution in [0.25, 0.3) is 0 Å². The molecule has 2 N–H and O–H groups in total. The van der Waals surface area contributed by atoms with E-state index in [1.165, 1.54) is 7.11 Å². The van der Waals surface area contributed by atoms with Crippen LogP contribution < -0.4 is 10.6 Å². The Morgan fingerprint density at radius 3 is 2.50 bits per heavy atom. The minimum Gasteiger partial charge on any atom is -0.467 e. The quantitative estimate of drug-likeness (QED) is 0.727. The molecule has 0 spiro atoms. The molecule has 1 aromatic carbocycles. The lowest BCUT2D eigenvalue weighted by Gasteiger charge is -2.16. The van der Waals surface area contributed by atoms with Crippen molar-refractivity contribution in [3.63, 3.8) is 0 Å². The summed E-state index contributed by atoms with van der Waals surface area (Å²) in [6, 6.07) is 8.27. The zero-order valence-electron chi connectivity index (χ0n) is 10.6. The van der Waals surface area contributed by atoms with E-state index >= 15 is 0 Å². The number of hydrogen-bond acceptors (Lipinski definition) is 4. The Morgan fingerprint density at radius 1 is 1.28 bits per heavy atom. The molecule has 0 fully saturated rings. The SMILES string of the molecule is CNCCC(=O)NC(C(=O)OC)c1ccccc1. The first-order valence-electron chi connectivity index (χ1n) is 5.75. The highest BCUT2D eigenvalue weighted by Gasteiger charge is 2.22. The zero-order valence-corrected chi connectivity index (χ0v) is 10.6. The van der Waals surface area contributed by atoms with Gasteiger partial charge in [-0.3, -0.25) is 4.79 Å². The molecule has 0 heterocycles. The summed E-state index contributed by atoms with van der Waals surface area (Å²) >= 11 is 0. The second-order valence-corrected chi connectivity index (χ2v) is 3.79. The number of nitrogens with one attached hydrogen (secondary N) is 2. The van der Waals surface area contributed by atoms with Gasteiger partial charge in [0, 0.05) is 13.0 Å². The molecule has 0 saturated carbocycles. The van der Waals surface area contributed by atoms with Crippen LogP contribution in [0.3, 0.4) is 0 Å². The normalized spacial score (nSPS) is 11.7. The van der Waals surface area contributed by atoms with Crippen LogP contribution in [0.1, 0.15) is 18.0 Å². The van der Waals surface area contributed by atoms with Gasteiger partial charge in [-0.15, -0.1) is 0 Å². The van der Waals surface area contributed by atoms with Crippen molar-refractivity contribution >= 4 is 11.9 Å². The number of hydrogen-bond donors (Lipinski definition) is 2. The number of rotatable bonds is 6. The van der Waals surface area contributed by atoms with Gasteiger partial charge in [0.25, 0.3) is 0 Å². The van der Waals surface area contributed by atoms with Gasteiger partial charge in [0.2, 0.25) is 5.91 Å². The molecule has 0 aromatic heterocycles. The summed E-state index contributed by atoms with van der Waals surface area (Å²) in [7, 11) is 3.07. The monoisotopic (exact) mass is 250 g/mol. The first-order chi connectivity index (χ1) is 8.69. The van der Waals surface area contributed by atoms with Gasteiger partial charge in [0.05, 0.1) is 7.11 Å². The predicted octanol–water partition coefficient (Wildman–Crippen LogP) is 0.626. The lowest BCUT2D eigenvalue weighted by molar-refractivity contribution is -0.145. The average molecular weight is 250 g/mol. The van der Waals surface area contributed by atoms with Crippen molar-refractivity contribution in [2.24, 2.45) is 0 Å². The van der Waals surface area contributed by atoms with Gasteiger partial charge in [-0.05, 0) is 12.6 Å². The minimum atomic E-state index is -0.749. The fourth-order valence-electron chi connectivity index (χ4n) is 1.51. The lowest BCUT2D eigenvalue weighted by Crippen LogP contribution is -2.35. The highest BCUT2D eigenvalue weighted by molar-refractivity contribution is 5.85. The highest BCUT2D eigenvalue weighted by atomic mass is 16.5. The molecule has 5 heteroatoms. The van der Waals surface area contributed by atoms with E-state index in [1.807, 2.05) is 18.2 Å². The highest BCUT2D eigenvalue weighted by Crippen LogP contribution is 2.14. The summed E-state index contributed by atoms with van der Waals surface area (Å²) in [5, 5.41) is 5.54. The largest absolute Gasteiger partial charge is 0.467 e. The van der Waals surface area contributed by atoms with Crippen LogP contribution in [0, 0.1) is 0 Å². The summed E-state index contributed by atoms with van der Waals surface area (Å²) in [5.74, 6) is -0.664. The van der Waals surface area contributed by atoms with Crippen LogP contribution in [0.2, 0.25) is 0 Å². The third kappa shape index (κ3) is 4.18. The Labute approximate surface area is 107 Å². The molecule has 0 aliphatic heterocycles. The minimum absolute atomic E-state index is 0.191. The maximum atomic E-state index is 11.7. The maximum absolute atomic E-state index is 11.7. The molecule has 0 aliphatic carbocycles. The van der Waals surface area contributed by atoms with Gasteiger partial charge in [-0.1, -0.05) is 30.3 Å². The molecule has 0 radical (unpaired) electrons. The molecule has 0 aliphatic rings. The molecule has 1 aromatic rings.